The van der Waals surface area contributed by atoms with Crippen molar-refractivity contribution in [2.75, 3.05) is 0 Å². The molecule has 19 heavy (non-hydrogen) atoms. The van der Waals surface area contributed by atoms with Gasteiger partial charge in [-0.1, -0.05) is 48.5 Å². The van der Waals surface area contributed by atoms with Crippen molar-refractivity contribution in [2.24, 2.45) is 5.16 Å². The summed E-state index contributed by atoms with van der Waals surface area (Å²) in [6, 6.07) is 14.4. The standard InChI is InChI=1S/C16H16FNO/c1-2-13-6-8-14(9-7-13)11-18-19-12-15-4-3-5-16(17)10-15/h3-11H,2,12H2,1H3. The molecule has 2 aromatic carbocycles. The maximum Gasteiger partial charge on any atom is 0.142 e. The molecule has 0 unspecified atom stereocenters. The van der Waals surface area contributed by atoms with E-state index in [-0.39, 0.29) is 12.4 Å². The Kier molecular flexibility index (Phi) is 4.67. The molecule has 0 atom stereocenters. The minimum Gasteiger partial charge on any atom is -0.391 e. The van der Waals surface area contributed by atoms with Crippen LogP contribution in [0.15, 0.2) is 53.7 Å². The highest BCUT2D eigenvalue weighted by Gasteiger charge is 1.95. The molecule has 0 aromatic heterocycles. The number of aryl methyl sites for hydroxylation is 1. The molecule has 0 saturated heterocycles. The third-order valence-electron chi connectivity index (χ3n) is 2.78. The van der Waals surface area contributed by atoms with Crippen LogP contribution in [0.1, 0.15) is 23.6 Å². The van der Waals surface area contributed by atoms with E-state index in [0.29, 0.717) is 0 Å². The molecule has 2 aromatic rings. The maximum absolute atomic E-state index is 12.9. The Morgan fingerprint density at radius 2 is 1.89 bits per heavy atom. The second kappa shape index (κ2) is 6.69. The SMILES string of the molecule is CCc1ccc(C=NOCc2cccc(F)c2)cc1. The van der Waals surface area contributed by atoms with E-state index in [1.165, 1.54) is 17.7 Å². The van der Waals surface area contributed by atoms with Crippen molar-refractivity contribution < 1.29 is 9.23 Å². The first-order valence-electron chi connectivity index (χ1n) is 6.26. The molecule has 0 aliphatic heterocycles. The van der Waals surface area contributed by atoms with Gasteiger partial charge >= 0.3 is 0 Å². The number of oxime groups is 1. The van der Waals surface area contributed by atoms with Crippen molar-refractivity contribution in [1.82, 2.24) is 0 Å². The summed E-state index contributed by atoms with van der Waals surface area (Å²) in [6.07, 6.45) is 2.67. The minimum atomic E-state index is -0.264. The first-order chi connectivity index (χ1) is 9.28. The van der Waals surface area contributed by atoms with E-state index in [4.69, 9.17) is 4.84 Å². The van der Waals surface area contributed by atoms with Crippen molar-refractivity contribution in [3.63, 3.8) is 0 Å². The molecule has 2 nitrogen and oxygen atoms in total. The van der Waals surface area contributed by atoms with Crippen molar-refractivity contribution >= 4 is 6.21 Å². The predicted octanol–water partition coefficient (Wildman–Crippen LogP) is 3.94. The molecule has 0 bridgehead atoms. The van der Waals surface area contributed by atoms with Crippen LogP contribution in [0, 0.1) is 5.82 Å². The molecule has 0 saturated carbocycles. The Labute approximate surface area is 112 Å². The van der Waals surface area contributed by atoms with Crippen LogP contribution >= 0.6 is 0 Å². The minimum absolute atomic E-state index is 0.264. The van der Waals surface area contributed by atoms with Crippen LogP contribution in [-0.2, 0) is 17.9 Å². The summed E-state index contributed by atoms with van der Waals surface area (Å²) in [5.41, 5.74) is 3.03. The largest absolute Gasteiger partial charge is 0.391 e. The van der Waals surface area contributed by atoms with Crippen LogP contribution in [0.2, 0.25) is 0 Å². The average molecular weight is 257 g/mol. The molecular weight excluding hydrogens is 241 g/mol. The number of nitrogens with zero attached hydrogens (tertiary/aromatic N) is 1. The third kappa shape index (κ3) is 4.21. The van der Waals surface area contributed by atoms with E-state index in [0.717, 1.165) is 17.5 Å². The second-order valence-electron chi connectivity index (χ2n) is 4.23. The number of benzene rings is 2. The van der Waals surface area contributed by atoms with Gasteiger partial charge in [0.1, 0.15) is 12.4 Å². The topological polar surface area (TPSA) is 21.6 Å². The first-order valence-corrected chi connectivity index (χ1v) is 6.26. The molecular formula is C16H16FNO. The van der Waals surface area contributed by atoms with E-state index in [1.807, 2.05) is 12.1 Å². The fourth-order valence-electron chi connectivity index (χ4n) is 1.68. The van der Waals surface area contributed by atoms with E-state index >= 15 is 0 Å². The van der Waals surface area contributed by atoms with Crippen molar-refractivity contribution in [3.8, 4) is 0 Å². The number of hydrogen-bond acceptors (Lipinski definition) is 2. The van der Waals surface area contributed by atoms with Gasteiger partial charge in [-0.05, 0) is 35.2 Å². The van der Waals surface area contributed by atoms with Gasteiger partial charge in [0, 0.05) is 0 Å². The highest BCUT2D eigenvalue weighted by molar-refractivity contribution is 5.79. The molecule has 3 heteroatoms. The van der Waals surface area contributed by atoms with Gasteiger partial charge in [0.2, 0.25) is 0 Å². The lowest BCUT2D eigenvalue weighted by Crippen LogP contribution is -1.89. The molecule has 0 fully saturated rings. The number of rotatable bonds is 5. The van der Waals surface area contributed by atoms with Crippen LogP contribution in [0.4, 0.5) is 4.39 Å². The van der Waals surface area contributed by atoms with E-state index in [9.17, 15) is 4.39 Å². The quantitative estimate of drug-likeness (QED) is 0.587. The molecule has 0 spiro atoms. The zero-order valence-corrected chi connectivity index (χ0v) is 10.8. The van der Waals surface area contributed by atoms with Gasteiger partial charge in [0.15, 0.2) is 0 Å². The molecule has 0 radical (unpaired) electrons. The van der Waals surface area contributed by atoms with E-state index in [2.05, 4.69) is 24.2 Å². The third-order valence-corrected chi connectivity index (χ3v) is 2.78. The van der Waals surface area contributed by atoms with Gasteiger partial charge < -0.3 is 4.84 Å². The first kappa shape index (κ1) is 13.3. The summed E-state index contributed by atoms with van der Waals surface area (Å²) in [4.78, 5) is 5.14. The van der Waals surface area contributed by atoms with Crippen molar-refractivity contribution in [3.05, 3.63) is 71.0 Å². The van der Waals surface area contributed by atoms with E-state index in [1.54, 1.807) is 18.3 Å². The molecule has 0 aliphatic carbocycles. The zero-order valence-electron chi connectivity index (χ0n) is 10.8. The van der Waals surface area contributed by atoms with Crippen LogP contribution < -0.4 is 0 Å². The highest BCUT2D eigenvalue weighted by atomic mass is 19.1. The van der Waals surface area contributed by atoms with Crippen molar-refractivity contribution in [1.29, 1.82) is 0 Å². The molecule has 0 N–H and O–H groups in total. The van der Waals surface area contributed by atoms with Crippen LogP contribution in [-0.4, -0.2) is 6.21 Å². The number of hydrogen-bond donors (Lipinski definition) is 0. The summed E-state index contributed by atoms with van der Waals surface area (Å²) in [5.74, 6) is -0.264. The zero-order chi connectivity index (χ0) is 13.5. The Morgan fingerprint density at radius 3 is 2.58 bits per heavy atom. The Morgan fingerprint density at radius 1 is 1.11 bits per heavy atom. The summed E-state index contributed by atoms with van der Waals surface area (Å²) >= 11 is 0. The molecule has 0 heterocycles. The van der Waals surface area contributed by atoms with Gasteiger partial charge in [-0.15, -0.1) is 0 Å². The van der Waals surface area contributed by atoms with E-state index < -0.39 is 0 Å². The van der Waals surface area contributed by atoms with Gasteiger partial charge in [0.05, 0.1) is 6.21 Å². The van der Waals surface area contributed by atoms with Crippen molar-refractivity contribution in [2.45, 2.75) is 20.0 Å². The van der Waals surface area contributed by atoms with Gasteiger partial charge in [-0.2, -0.15) is 0 Å². The lowest BCUT2D eigenvalue weighted by atomic mass is 10.1. The lowest BCUT2D eigenvalue weighted by molar-refractivity contribution is 0.132. The van der Waals surface area contributed by atoms with Gasteiger partial charge in [-0.25, -0.2) is 4.39 Å². The van der Waals surface area contributed by atoms with Gasteiger partial charge in [0.25, 0.3) is 0 Å². The van der Waals surface area contributed by atoms with Crippen LogP contribution in [0.25, 0.3) is 0 Å². The van der Waals surface area contributed by atoms with Crippen LogP contribution in [0.5, 0.6) is 0 Å². The second-order valence-corrected chi connectivity index (χ2v) is 4.23. The maximum atomic E-state index is 12.9. The highest BCUT2D eigenvalue weighted by Crippen LogP contribution is 2.06. The number of halogens is 1. The fraction of sp³-hybridized carbons (Fsp3) is 0.188. The molecule has 0 aliphatic rings. The fourth-order valence-corrected chi connectivity index (χ4v) is 1.68. The molecule has 2 rings (SSSR count). The Balaban J connectivity index is 1.86. The predicted molar refractivity (Wildman–Crippen MR) is 74.6 cm³/mol. The Bertz CT molecular complexity index is 549. The van der Waals surface area contributed by atoms with Gasteiger partial charge in [-0.3, -0.25) is 0 Å². The average Bonchev–Trinajstić information content (AvgIpc) is 2.44. The normalized spacial score (nSPS) is 10.8. The lowest BCUT2D eigenvalue weighted by Gasteiger charge is -2.00. The van der Waals surface area contributed by atoms with Crippen LogP contribution in [0.3, 0.4) is 0 Å². The smallest absolute Gasteiger partial charge is 0.142 e. The molecule has 0 amide bonds. The molecule has 98 valence electrons. The summed E-state index contributed by atoms with van der Waals surface area (Å²) < 4.78 is 12.9. The summed E-state index contributed by atoms with van der Waals surface area (Å²) in [5, 5.41) is 3.87. The summed E-state index contributed by atoms with van der Waals surface area (Å²) in [7, 11) is 0. The monoisotopic (exact) mass is 257 g/mol. The Hall–Kier alpha value is -2.16. The summed E-state index contributed by atoms with van der Waals surface area (Å²) in [6.45, 7) is 2.38.